The zero-order valence-corrected chi connectivity index (χ0v) is 14.8. The van der Waals surface area contributed by atoms with E-state index in [0.29, 0.717) is 25.6 Å². The molecule has 0 aliphatic carbocycles. The third kappa shape index (κ3) is 2.87. The number of rotatable bonds is 3. The number of methoxy groups -OCH3 is 1. The summed E-state index contributed by atoms with van der Waals surface area (Å²) in [5.74, 6) is -0.982. The van der Waals surface area contributed by atoms with E-state index in [0.717, 1.165) is 30.1 Å². The molecule has 1 aromatic carbocycles. The van der Waals surface area contributed by atoms with Crippen LogP contribution in [0.4, 0.5) is 8.78 Å². The molecule has 2 aliphatic heterocycles. The first-order chi connectivity index (χ1) is 12.5. The van der Waals surface area contributed by atoms with Gasteiger partial charge in [0.15, 0.2) is 0 Å². The highest BCUT2D eigenvalue weighted by atomic mass is 19.1. The average molecular weight is 364 g/mol. The SMILES string of the molecule is COc1nc2c(n1C)CN([C@H]1CO[C@H](c3cc(F)ccc3F)[C@@H](N)C1)C2. The molecular formula is C18H22F2N4O2. The first kappa shape index (κ1) is 17.4. The van der Waals surface area contributed by atoms with E-state index in [9.17, 15) is 8.78 Å². The summed E-state index contributed by atoms with van der Waals surface area (Å²) in [6.45, 7) is 1.85. The molecule has 3 atom stereocenters. The minimum Gasteiger partial charge on any atom is -0.468 e. The molecule has 8 heteroatoms. The van der Waals surface area contributed by atoms with Gasteiger partial charge in [0.25, 0.3) is 6.01 Å². The Morgan fingerprint density at radius 3 is 2.81 bits per heavy atom. The lowest BCUT2D eigenvalue weighted by molar-refractivity contribution is -0.0535. The number of nitrogens with zero attached hydrogens (tertiary/aromatic N) is 3. The zero-order valence-electron chi connectivity index (χ0n) is 14.8. The molecule has 0 spiro atoms. The summed E-state index contributed by atoms with van der Waals surface area (Å²) in [4.78, 5) is 6.75. The third-order valence-electron chi connectivity index (χ3n) is 5.33. The first-order valence-electron chi connectivity index (χ1n) is 8.62. The van der Waals surface area contributed by atoms with Crippen LogP contribution in [-0.2, 0) is 24.9 Å². The van der Waals surface area contributed by atoms with Gasteiger partial charge in [-0.15, -0.1) is 0 Å². The van der Waals surface area contributed by atoms with E-state index in [-0.39, 0.29) is 11.6 Å². The first-order valence-corrected chi connectivity index (χ1v) is 8.62. The number of hydrogen-bond acceptors (Lipinski definition) is 5. The van der Waals surface area contributed by atoms with E-state index in [1.807, 2.05) is 11.6 Å². The largest absolute Gasteiger partial charge is 0.468 e. The Kier molecular flexibility index (Phi) is 4.42. The Labute approximate surface area is 150 Å². The second-order valence-corrected chi connectivity index (χ2v) is 6.93. The van der Waals surface area contributed by atoms with Crippen molar-refractivity contribution in [3.63, 3.8) is 0 Å². The minimum absolute atomic E-state index is 0.109. The van der Waals surface area contributed by atoms with Crippen molar-refractivity contribution in [1.29, 1.82) is 0 Å². The van der Waals surface area contributed by atoms with Crippen molar-refractivity contribution in [2.24, 2.45) is 12.8 Å². The highest BCUT2D eigenvalue weighted by Gasteiger charge is 2.37. The fourth-order valence-electron chi connectivity index (χ4n) is 3.92. The Morgan fingerprint density at radius 2 is 2.12 bits per heavy atom. The Balaban J connectivity index is 1.45. The molecule has 26 heavy (non-hydrogen) atoms. The Morgan fingerprint density at radius 1 is 1.31 bits per heavy atom. The van der Waals surface area contributed by atoms with Gasteiger partial charge in [-0.05, 0) is 24.6 Å². The molecule has 0 saturated carbocycles. The second-order valence-electron chi connectivity index (χ2n) is 6.93. The van der Waals surface area contributed by atoms with Crippen molar-refractivity contribution in [2.75, 3.05) is 13.7 Å². The van der Waals surface area contributed by atoms with E-state index >= 15 is 0 Å². The lowest BCUT2D eigenvalue weighted by Crippen LogP contribution is -2.47. The second kappa shape index (κ2) is 6.61. The summed E-state index contributed by atoms with van der Waals surface area (Å²) in [5, 5.41) is 0. The summed E-state index contributed by atoms with van der Waals surface area (Å²) in [7, 11) is 3.54. The van der Waals surface area contributed by atoms with Crippen LogP contribution in [0.1, 0.15) is 29.5 Å². The van der Waals surface area contributed by atoms with Crippen LogP contribution in [0.2, 0.25) is 0 Å². The van der Waals surface area contributed by atoms with Crippen LogP contribution >= 0.6 is 0 Å². The fourth-order valence-corrected chi connectivity index (χ4v) is 3.92. The van der Waals surface area contributed by atoms with Gasteiger partial charge >= 0.3 is 0 Å². The van der Waals surface area contributed by atoms with Crippen molar-refractivity contribution >= 4 is 0 Å². The van der Waals surface area contributed by atoms with Crippen molar-refractivity contribution in [1.82, 2.24) is 14.5 Å². The maximum absolute atomic E-state index is 14.0. The molecule has 2 aliphatic rings. The van der Waals surface area contributed by atoms with E-state index in [2.05, 4.69) is 9.88 Å². The highest BCUT2D eigenvalue weighted by Crippen LogP contribution is 2.34. The fraction of sp³-hybridized carbons (Fsp3) is 0.500. The van der Waals surface area contributed by atoms with Crippen LogP contribution in [0, 0.1) is 11.6 Å². The molecule has 1 fully saturated rings. The standard InChI is InChI=1S/C18H22F2N4O2/c1-23-16-8-24(7-15(16)22-18(23)25-2)11-6-14(21)17(26-9-11)12-5-10(19)3-4-13(12)20/h3-5,11,14,17H,6-9,21H2,1-2H3/t11-,14+,17-/m1/s1. The maximum atomic E-state index is 14.0. The molecule has 0 radical (unpaired) electrons. The van der Waals surface area contributed by atoms with Crippen molar-refractivity contribution in [3.8, 4) is 6.01 Å². The molecule has 4 rings (SSSR count). The molecule has 6 nitrogen and oxygen atoms in total. The van der Waals surface area contributed by atoms with Gasteiger partial charge in [0.2, 0.25) is 0 Å². The van der Waals surface area contributed by atoms with Crippen molar-refractivity contribution in [2.45, 2.75) is 37.7 Å². The molecular weight excluding hydrogens is 342 g/mol. The van der Waals surface area contributed by atoms with Crippen molar-refractivity contribution < 1.29 is 18.3 Å². The minimum atomic E-state index is -0.634. The molecule has 2 N–H and O–H groups in total. The summed E-state index contributed by atoms with van der Waals surface area (Å²) in [6.07, 6.45) is 0.0105. The lowest BCUT2D eigenvalue weighted by atomic mass is 9.93. The average Bonchev–Trinajstić information content (AvgIpc) is 3.16. The summed E-state index contributed by atoms with van der Waals surface area (Å²) in [5.41, 5.74) is 8.57. The van der Waals surface area contributed by atoms with Crippen LogP contribution in [0.3, 0.4) is 0 Å². The van der Waals surface area contributed by atoms with Gasteiger partial charge in [0.1, 0.15) is 17.7 Å². The van der Waals surface area contributed by atoms with Gasteiger partial charge in [0, 0.05) is 37.8 Å². The molecule has 2 aromatic rings. The third-order valence-corrected chi connectivity index (χ3v) is 5.33. The van der Waals surface area contributed by atoms with Gasteiger partial charge in [0.05, 0.1) is 25.1 Å². The van der Waals surface area contributed by atoms with E-state index in [1.54, 1.807) is 7.11 Å². The number of halogens is 2. The van der Waals surface area contributed by atoms with E-state index in [4.69, 9.17) is 15.2 Å². The Hall–Kier alpha value is -2.03. The monoisotopic (exact) mass is 364 g/mol. The van der Waals surface area contributed by atoms with Crippen LogP contribution < -0.4 is 10.5 Å². The van der Waals surface area contributed by atoms with E-state index < -0.39 is 23.8 Å². The molecule has 0 amide bonds. The highest BCUT2D eigenvalue weighted by molar-refractivity contribution is 5.25. The number of hydrogen-bond donors (Lipinski definition) is 1. The molecule has 0 bridgehead atoms. The van der Waals surface area contributed by atoms with Crippen LogP contribution in [0.5, 0.6) is 6.01 Å². The number of benzene rings is 1. The molecule has 0 unspecified atom stereocenters. The van der Waals surface area contributed by atoms with Gasteiger partial charge < -0.3 is 15.2 Å². The maximum Gasteiger partial charge on any atom is 0.296 e. The summed E-state index contributed by atoms with van der Waals surface area (Å²) in [6, 6.07) is 3.69. The summed E-state index contributed by atoms with van der Waals surface area (Å²) < 4.78 is 40.6. The number of nitrogens with two attached hydrogens (primary N) is 1. The Bertz CT molecular complexity index is 826. The number of ether oxygens (including phenoxy) is 2. The topological polar surface area (TPSA) is 65.5 Å². The molecule has 3 heterocycles. The van der Waals surface area contributed by atoms with E-state index in [1.165, 1.54) is 6.07 Å². The van der Waals surface area contributed by atoms with Crippen LogP contribution in [0.15, 0.2) is 18.2 Å². The molecule has 140 valence electrons. The predicted octanol–water partition coefficient (Wildman–Crippen LogP) is 1.88. The number of imidazole rings is 1. The predicted molar refractivity (Wildman–Crippen MR) is 90.4 cm³/mol. The van der Waals surface area contributed by atoms with Crippen LogP contribution in [-0.4, -0.2) is 40.3 Å². The van der Waals surface area contributed by atoms with Crippen LogP contribution in [0.25, 0.3) is 0 Å². The lowest BCUT2D eigenvalue weighted by Gasteiger charge is -2.38. The normalized spacial score (nSPS) is 26.1. The summed E-state index contributed by atoms with van der Waals surface area (Å²) >= 11 is 0. The molecule has 1 saturated heterocycles. The van der Waals surface area contributed by atoms with Gasteiger partial charge in [-0.3, -0.25) is 9.47 Å². The zero-order chi connectivity index (χ0) is 18.4. The quantitative estimate of drug-likeness (QED) is 0.901. The number of fused-ring (bicyclic) bond motifs is 1. The number of aromatic nitrogens is 2. The molecule has 1 aromatic heterocycles. The van der Waals surface area contributed by atoms with Gasteiger partial charge in [-0.1, -0.05) is 0 Å². The smallest absolute Gasteiger partial charge is 0.296 e. The van der Waals surface area contributed by atoms with Crippen molar-refractivity contribution in [3.05, 3.63) is 46.8 Å². The van der Waals surface area contributed by atoms with Gasteiger partial charge in [-0.25, -0.2) is 8.78 Å². The van der Waals surface area contributed by atoms with Gasteiger partial charge in [-0.2, -0.15) is 4.98 Å².